The van der Waals surface area contributed by atoms with Gasteiger partial charge in [-0.3, -0.25) is 0 Å². The zero-order chi connectivity index (χ0) is 13.8. The van der Waals surface area contributed by atoms with E-state index in [9.17, 15) is 0 Å². The van der Waals surface area contributed by atoms with Crippen molar-refractivity contribution in [3.8, 4) is 0 Å². The molecule has 1 saturated heterocycles. The maximum absolute atomic E-state index is 6.40. The van der Waals surface area contributed by atoms with Crippen molar-refractivity contribution in [1.82, 2.24) is 0 Å². The van der Waals surface area contributed by atoms with Crippen LogP contribution in [0.5, 0.6) is 0 Å². The Kier molecular flexibility index (Phi) is 9.89. The van der Waals surface area contributed by atoms with Gasteiger partial charge in [-0.1, -0.05) is 78.1 Å². The minimum atomic E-state index is -1.24. The van der Waals surface area contributed by atoms with Gasteiger partial charge in [0.1, 0.15) is 0 Å². The topological polar surface area (TPSA) is 9.23 Å². The van der Waals surface area contributed by atoms with Crippen molar-refractivity contribution in [1.29, 1.82) is 0 Å². The van der Waals surface area contributed by atoms with Gasteiger partial charge < -0.3 is 4.43 Å². The summed E-state index contributed by atoms with van der Waals surface area (Å²) in [5, 5.41) is 0. The van der Waals surface area contributed by atoms with E-state index >= 15 is 0 Å². The first kappa shape index (κ1) is 17.2. The molecule has 0 atom stereocenters. The summed E-state index contributed by atoms with van der Waals surface area (Å²) in [4.78, 5) is 0. The summed E-state index contributed by atoms with van der Waals surface area (Å²) in [6.07, 6.45) is 15.6. The molecule has 114 valence electrons. The first-order valence-electron chi connectivity index (χ1n) is 8.97. The van der Waals surface area contributed by atoms with Gasteiger partial charge in [-0.25, -0.2) is 0 Å². The number of hydrogen-bond acceptors (Lipinski definition) is 1. The second kappa shape index (κ2) is 10.9. The largest absolute Gasteiger partial charge is 0.417 e. The zero-order valence-corrected chi connectivity index (χ0v) is 14.5. The van der Waals surface area contributed by atoms with Gasteiger partial charge in [0.15, 0.2) is 8.32 Å². The lowest BCUT2D eigenvalue weighted by Crippen LogP contribution is -2.39. The minimum absolute atomic E-state index is 1.06. The highest BCUT2D eigenvalue weighted by Gasteiger charge is 2.34. The van der Waals surface area contributed by atoms with Crippen molar-refractivity contribution in [2.45, 2.75) is 103 Å². The number of hydrogen-bond donors (Lipinski definition) is 0. The Bertz CT molecular complexity index is 199. The third-order valence-corrected chi connectivity index (χ3v) is 9.45. The highest BCUT2D eigenvalue weighted by atomic mass is 28.4. The summed E-state index contributed by atoms with van der Waals surface area (Å²) >= 11 is 0. The van der Waals surface area contributed by atoms with E-state index in [1.165, 1.54) is 88.8 Å². The van der Waals surface area contributed by atoms with E-state index in [1.54, 1.807) is 0 Å². The van der Waals surface area contributed by atoms with Crippen molar-refractivity contribution in [3.63, 3.8) is 0 Å². The molecule has 1 fully saturated rings. The van der Waals surface area contributed by atoms with Crippen LogP contribution in [0.3, 0.4) is 0 Å². The molecule has 0 saturated carbocycles. The Morgan fingerprint density at radius 1 is 0.737 bits per heavy atom. The van der Waals surface area contributed by atoms with Crippen LogP contribution in [0.4, 0.5) is 0 Å². The Morgan fingerprint density at radius 3 is 1.89 bits per heavy atom. The van der Waals surface area contributed by atoms with Crippen LogP contribution in [0.2, 0.25) is 18.1 Å². The molecule has 0 unspecified atom stereocenters. The number of rotatable bonds is 11. The second-order valence-electron chi connectivity index (χ2n) is 6.42. The van der Waals surface area contributed by atoms with Gasteiger partial charge >= 0.3 is 0 Å². The van der Waals surface area contributed by atoms with E-state index in [0.717, 1.165) is 6.61 Å². The molecule has 1 aliphatic rings. The van der Waals surface area contributed by atoms with Gasteiger partial charge in [-0.2, -0.15) is 0 Å². The Morgan fingerprint density at radius 2 is 1.32 bits per heavy atom. The SMILES string of the molecule is CCCCCCCCCCO[Si]1(CC)CCCCC1. The highest BCUT2D eigenvalue weighted by molar-refractivity contribution is 6.73. The molecule has 1 heterocycles. The molecule has 0 aromatic carbocycles. The molecule has 1 nitrogen and oxygen atoms in total. The second-order valence-corrected chi connectivity index (χ2v) is 10.8. The van der Waals surface area contributed by atoms with Crippen LogP contribution < -0.4 is 0 Å². The molecule has 0 aromatic heterocycles. The first-order chi connectivity index (χ1) is 9.33. The van der Waals surface area contributed by atoms with Gasteiger partial charge in [0.05, 0.1) is 0 Å². The van der Waals surface area contributed by atoms with Crippen molar-refractivity contribution in [2.75, 3.05) is 6.61 Å². The predicted molar refractivity (Wildman–Crippen MR) is 88.3 cm³/mol. The van der Waals surface area contributed by atoms with Gasteiger partial charge in [-0.15, -0.1) is 0 Å². The van der Waals surface area contributed by atoms with E-state index in [4.69, 9.17) is 4.43 Å². The fourth-order valence-electron chi connectivity index (χ4n) is 3.32. The van der Waals surface area contributed by atoms with E-state index in [0.29, 0.717) is 0 Å². The van der Waals surface area contributed by atoms with E-state index in [1.807, 2.05) is 0 Å². The van der Waals surface area contributed by atoms with Crippen LogP contribution in [0, 0.1) is 0 Å². The zero-order valence-electron chi connectivity index (χ0n) is 13.5. The average Bonchev–Trinajstić information content (AvgIpc) is 2.46. The standard InChI is InChI=1S/C17H36OSi/c1-3-5-6-7-8-9-10-12-15-18-19(4-2)16-13-11-14-17-19/h3-17H2,1-2H3. The summed E-state index contributed by atoms with van der Waals surface area (Å²) in [5.74, 6) is 0. The van der Waals surface area contributed by atoms with Gasteiger partial charge in [0.25, 0.3) is 0 Å². The predicted octanol–water partition coefficient (Wildman–Crippen LogP) is 6.29. The fraction of sp³-hybridized carbons (Fsp3) is 1.00. The summed E-state index contributed by atoms with van der Waals surface area (Å²) in [5.41, 5.74) is 0. The summed E-state index contributed by atoms with van der Waals surface area (Å²) in [7, 11) is -1.24. The van der Waals surface area contributed by atoms with Gasteiger partial charge in [0, 0.05) is 6.61 Å². The van der Waals surface area contributed by atoms with Gasteiger partial charge in [-0.05, 0) is 24.6 Å². The maximum Gasteiger partial charge on any atom is 0.192 e. The summed E-state index contributed by atoms with van der Waals surface area (Å²) in [6, 6.07) is 4.24. The molecule has 19 heavy (non-hydrogen) atoms. The van der Waals surface area contributed by atoms with Crippen molar-refractivity contribution in [3.05, 3.63) is 0 Å². The summed E-state index contributed by atoms with van der Waals surface area (Å²) in [6.45, 7) is 5.72. The molecule has 2 heteroatoms. The van der Waals surface area contributed by atoms with Crippen LogP contribution in [0.15, 0.2) is 0 Å². The molecule has 0 aliphatic carbocycles. The third kappa shape index (κ3) is 7.50. The van der Waals surface area contributed by atoms with Crippen molar-refractivity contribution in [2.24, 2.45) is 0 Å². The Hall–Kier alpha value is 0.177. The molecule has 1 aliphatic heterocycles. The van der Waals surface area contributed by atoms with Crippen LogP contribution in [-0.2, 0) is 4.43 Å². The maximum atomic E-state index is 6.40. The lowest BCUT2D eigenvalue weighted by molar-refractivity contribution is 0.279. The quantitative estimate of drug-likeness (QED) is 0.320. The molecule has 0 bridgehead atoms. The van der Waals surface area contributed by atoms with Crippen LogP contribution >= 0.6 is 0 Å². The molecule has 0 radical (unpaired) electrons. The van der Waals surface area contributed by atoms with E-state index in [2.05, 4.69) is 13.8 Å². The van der Waals surface area contributed by atoms with E-state index < -0.39 is 8.32 Å². The lowest BCUT2D eigenvalue weighted by Gasteiger charge is -2.34. The first-order valence-corrected chi connectivity index (χ1v) is 11.5. The van der Waals surface area contributed by atoms with Crippen molar-refractivity contribution < 1.29 is 4.43 Å². The molecule has 0 N–H and O–H groups in total. The monoisotopic (exact) mass is 284 g/mol. The highest BCUT2D eigenvalue weighted by Crippen LogP contribution is 2.32. The molecule has 0 spiro atoms. The Labute approximate surface area is 122 Å². The minimum Gasteiger partial charge on any atom is -0.417 e. The molecular weight excluding hydrogens is 248 g/mol. The van der Waals surface area contributed by atoms with Crippen LogP contribution in [0.1, 0.15) is 84.5 Å². The lowest BCUT2D eigenvalue weighted by atomic mass is 10.1. The van der Waals surface area contributed by atoms with Crippen LogP contribution in [-0.4, -0.2) is 14.9 Å². The smallest absolute Gasteiger partial charge is 0.192 e. The van der Waals surface area contributed by atoms with Crippen molar-refractivity contribution >= 4 is 8.32 Å². The molecule has 0 amide bonds. The van der Waals surface area contributed by atoms with E-state index in [-0.39, 0.29) is 0 Å². The molecule has 1 rings (SSSR count). The average molecular weight is 285 g/mol. The summed E-state index contributed by atoms with van der Waals surface area (Å²) < 4.78 is 6.40. The Balaban J connectivity index is 1.94. The normalized spacial score (nSPS) is 18.6. The number of unbranched alkanes of at least 4 members (excludes halogenated alkanes) is 7. The third-order valence-electron chi connectivity index (χ3n) is 4.82. The fourth-order valence-corrected chi connectivity index (χ4v) is 7.14. The molecular formula is C17H36OSi. The van der Waals surface area contributed by atoms with Gasteiger partial charge in [0.2, 0.25) is 0 Å². The van der Waals surface area contributed by atoms with Crippen LogP contribution in [0.25, 0.3) is 0 Å². The molecule has 0 aromatic rings.